The van der Waals surface area contributed by atoms with E-state index < -0.39 is 11.7 Å². The van der Waals surface area contributed by atoms with Gasteiger partial charge in [0.1, 0.15) is 0 Å². The Bertz CT molecular complexity index is 702. The summed E-state index contributed by atoms with van der Waals surface area (Å²) in [6.07, 6.45) is -2.91. The molecule has 0 unspecified atom stereocenters. The van der Waals surface area contributed by atoms with Gasteiger partial charge >= 0.3 is 6.18 Å². The first-order valence-electron chi connectivity index (χ1n) is 5.99. The molecule has 0 radical (unpaired) electrons. The number of halogens is 4. The Balaban J connectivity index is 2.06. The minimum Gasteiger partial charge on any atom is -0.287 e. The highest BCUT2D eigenvalue weighted by molar-refractivity contribution is 6.35. The molecular weight excluding hydrogens is 319 g/mol. The van der Waals surface area contributed by atoms with Crippen LogP contribution in [0.4, 0.5) is 19.0 Å². The fourth-order valence-electron chi connectivity index (χ4n) is 1.50. The van der Waals surface area contributed by atoms with Crippen LogP contribution >= 0.6 is 11.6 Å². The lowest BCUT2D eigenvalue weighted by Gasteiger charge is -2.08. The lowest BCUT2D eigenvalue weighted by atomic mass is 10.1. The summed E-state index contributed by atoms with van der Waals surface area (Å²) < 4.78 is 37.4. The third-order valence-electron chi connectivity index (χ3n) is 2.58. The van der Waals surface area contributed by atoms with Gasteiger partial charge in [-0.3, -0.25) is 10.2 Å². The van der Waals surface area contributed by atoms with E-state index in [9.17, 15) is 18.0 Å². The molecular formula is C14H9ClF3N3O. The number of hydrogen-bond donors (Lipinski definition) is 1. The Morgan fingerprint density at radius 2 is 1.95 bits per heavy atom. The van der Waals surface area contributed by atoms with Crippen molar-refractivity contribution in [3.05, 3.63) is 58.7 Å². The van der Waals surface area contributed by atoms with Crippen LogP contribution in [0.25, 0.3) is 0 Å². The molecule has 0 amide bonds. The van der Waals surface area contributed by atoms with Crippen LogP contribution in [0.1, 0.15) is 15.9 Å². The largest absolute Gasteiger partial charge is 0.417 e. The average Bonchev–Trinajstić information content (AvgIpc) is 2.48. The summed E-state index contributed by atoms with van der Waals surface area (Å²) in [4.78, 5) is 15.2. The maximum absolute atomic E-state index is 12.5. The zero-order valence-corrected chi connectivity index (χ0v) is 11.7. The summed E-state index contributed by atoms with van der Waals surface area (Å²) in [6.45, 7) is 0. The van der Waals surface area contributed by atoms with E-state index in [1.807, 2.05) is 0 Å². The normalized spacial score (nSPS) is 11.6. The molecule has 0 aliphatic rings. The highest BCUT2D eigenvalue weighted by Gasteiger charge is 2.31. The molecule has 0 fully saturated rings. The molecule has 4 nitrogen and oxygen atoms in total. The van der Waals surface area contributed by atoms with Crippen LogP contribution in [0, 0.1) is 0 Å². The van der Waals surface area contributed by atoms with Gasteiger partial charge in [0.25, 0.3) is 0 Å². The predicted octanol–water partition coefficient (Wildman–Crippen LogP) is 4.03. The van der Waals surface area contributed by atoms with E-state index in [1.165, 1.54) is 0 Å². The topological polar surface area (TPSA) is 54.4 Å². The SMILES string of the molecule is O=C(/C=N/Nc1ncc(C(F)(F)F)cc1Cl)c1ccccc1. The van der Waals surface area contributed by atoms with Crippen LogP contribution in [0.15, 0.2) is 47.7 Å². The number of pyridine rings is 1. The summed E-state index contributed by atoms with van der Waals surface area (Å²) in [5, 5.41) is 3.37. The van der Waals surface area contributed by atoms with Gasteiger partial charge in [-0.25, -0.2) is 4.98 Å². The van der Waals surface area contributed by atoms with E-state index in [1.54, 1.807) is 30.3 Å². The van der Waals surface area contributed by atoms with Crippen molar-refractivity contribution in [3.63, 3.8) is 0 Å². The van der Waals surface area contributed by atoms with Gasteiger partial charge in [0.05, 0.1) is 16.8 Å². The Hall–Kier alpha value is -2.41. The van der Waals surface area contributed by atoms with Gasteiger partial charge in [0, 0.05) is 11.8 Å². The van der Waals surface area contributed by atoms with E-state index in [0.717, 1.165) is 12.3 Å². The molecule has 22 heavy (non-hydrogen) atoms. The highest BCUT2D eigenvalue weighted by atomic mass is 35.5. The maximum Gasteiger partial charge on any atom is 0.417 e. The molecule has 114 valence electrons. The molecule has 1 N–H and O–H groups in total. The lowest BCUT2D eigenvalue weighted by molar-refractivity contribution is -0.137. The number of aromatic nitrogens is 1. The number of hydrazone groups is 1. The first-order chi connectivity index (χ1) is 10.4. The summed E-state index contributed by atoms with van der Waals surface area (Å²) in [7, 11) is 0. The molecule has 1 aromatic carbocycles. The fourth-order valence-corrected chi connectivity index (χ4v) is 1.71. The van der Waals surface area contributed by atoms with Gasteiger partial charge in [0.2, 0.25) is 5.78 Å². The smallest absolute Gasteiger partial charge is 0.287 e. The van der Waals surface area contributed by atoms with E-state index in [0.29, 0.717) is 11.8 Å². The van der Waals surface area contributed by atoms with Crippen molar-refractivity contribution >= 4 is 29.4 Å². The summed E-state index contributed by atoms with van der Waals surface area (Å²) >= 11 is 5.68. The average molecular weight is 328 g/mol. The van der Waals surface area contributed by atoms with Crippen molar-refractivity contribution in [2.45, 2.75) is 6.18 Å². The second-order valence-corrected chi connectivity index (χ2v) is 4.56. The minimum atomic E-state index is -4.53. The number of ketones is 1. The molecule has 2 aromatic rings. The van der Waals surface area contributed by atoms with Crippen molar-refractivity contribution in [1.29, 1.82) is 0 Å². The first-order valence-corrected chi connectivity index (χ1v) is 6.37. The lowest BCUT2D eigenvalue weighted by Crippen LogP contribution is -2.07. The third kappa shape index (κ3) is 4.05. The number of hydrogen-bond acceptors (Lipinski definition) is 4. The Morgan fingerprint density at radius 3 is 2.55 bits per heavy atom. The van der Waals surface area contributed by atoms with E-state index >= 15 is 0 Å². The van der Waals surface area contributed by atoms with Crippen LogP contribution in [0.5, 0.6) is 0 Å². The number of carbonyl (C=O) groups is 1. The summed E-state index contributed by atoms with van der Waals surface area (Å²) in [5.41, 5.74) is 1.80. The minimum absolute atomic E-state index is 0.0771. The van der Waals surface area contributed by atoms with Gasteiger partial charge < -0.3 is 0 Å². The highest BCUT2D eigenvalue weighted by Crippen LogP contribution is 2.32. The number of rotatable bonds is 4. The summed E-state index contributed by atoms with van der Waals surface area (Å²) in [6, 6.07) is 9.10. The fraction of sp³-hybridized carbons (Fsp3) is 0.0714. The predicted molar refractivity (Wildman–Crippen MR) is 77.1 cm³/mol. The van der Waals surface area contributed by atoms with Crippen LogP contribution in [0.2, 0.25) is 5.02 Å². The second-order valence-electron chi connectivity index (χ2n) is 4.15. The maximum atomic E-state index is 12.5. The zero-order valence-electron chi connectivity index (χ0n) is 10.9. The number of nitrogens with zero attached hydrogens (tertiary/aromatic N) is 2. The molecule has 0 saturated carbocycles. The number of carbonyl (C=O) groups excluding carboxylic acids is 1. The van der Waals surface area contributed by atoms with Crippen molar-refractivity contribution in [1.82, 2.24) is 4.98 Å². The third-order valence-corrected chi connectivity index (χ3v) is 2.87. The molecule has 0 saturated heterocycles. The number of alkyl halides is 3. The van der Waals surface area contributed by atoms with Gasteiger partial charge in [0.15, 0.2) is 5.82 Å². The van der Waals surface area contributed by atoms with Gasteiger partial charge in [-0.1, -0.05) is 41.9 Å². The summed E-state index contributed by atoms with van der Waals surface area (Å²) in [5.74, 6) is -0.442. The van der Waals surface area contributed by atoms with Crippen molar-refractivity contribution in [2.75, 3.05) is 5.43 Å². The Labute approximate surface area is 128 Å². The molecule has 1 heterocycles. The Kier molecular flexibility index (Phi) is 4.77. The van der Waals surface area contributed by atoms with Crippen LogP contribution < -0.4 is 5.43 Å². The van der Waals surface area contributed by atoms with Crippen LogP contribution in [-0.4, -0.2) is 17.0 Å². The molecule has 0 aliphatic heterocycles. The molecule has 1 aromatic heterocycles. The standard InChI is InChI=1S/C14H9ClF3N3O/c15-11-6-10(14(16,17)18)7-19-13(11)21-20-8-12(22)9-4-2-1-3-5-9/h1-8H,(H,19,21)/b20-8+. The van der Waals surface area contributed by atoms with E-state index in [2.05, 4.69) is 15.5 Å². The van der Waals surface area contributed by atoms with Gasteiger partial charge in [-0.15, -0.1) is 0 Å². The molecule has 0 bridgehead atoms. The molecule has 0 spiro atoms. The van der Waals surface area contributed by atoms with E-state index in [4.69, 9.17) is 11.6 Å². The zero-order chi connectivity index (χ0) is 16.2. The quantitative estimate of drug-likeness (QED) is 0.524. The van der Waals surface area contributed by atoms with Gasteiger partial charge in [-0.05, 0) is 6.07 Å². The number of benzene rings is 1. The first kappa shape index (κ1) is 16.0. The molecule has 2 rings (SSSR count). The number of anilines is 1. The van der Waals surface area contributed by atoms with Gasteiger partial charge in [-0.2, -0.15) is 18.3 Å². The van der Waals surface area contributed by atoms with Crippen LogP contribution in [0.3, 0.4) is 0 Å². The second kappa shape index (κ2) is 6.57. The molecule has 8 heteroatoms. The number of nitrogens with one attached hydrogen (secondary N) is 1. The van der Waals surface area contributed by atoms with Crippen LogP contribution in [-0.2, 0) is 6.18 Å². The van der Waals surface area contributed by atoms with Crippen molar-refractivity contribution in [3.8, 4) is 0 Å². The molecule has 0 aliphatic carbocycles. The Morgan fingerprint density at radius 1 is 1.27 bits per heavy atom. The van der Waals surface area contributed by atoms with Crippen molar-refractivity contribution in [2.24, 2.45) is 5.10 Å². The molecule has 0 atom stereocenters. The monoisotopic (exact) mass is 327 g/mol. The van der Waals surface area contributed by atoms with Crippen molar-refractivity contribution < 1.29 is 18.0 Å². The number of Topliss-reactive ketones (excluding diaryl/α,β-unsaturated/α-hetero) is 1. The van der Waals surface area contributed by atoms with E-state index in [-0.39, 0.29) is 16.6 Å².